The topological polar surface area (TPSA) is 136 Å². The number of nitrogens with one attached hydrogen (secondary N) is 1. The lowest BCUT2D eigenvalue weighted by Crippen LogP contribution is -2.39. The molecule has 144 valence electrons. The molecule has 9 nitrogen and oxygen atoms in total. The van der Waals surface area contributed by atoms with Crippen molar-refractivity contribution in [1.29, 1.82) is 5.26 Å². The van der Waals surface area contributed by atoms with Crippen LogP contribution in [0.1, 0.15) is 17.7 Å². The van der Waals surface area contributed by atoms with Crippen molar-refractivity contribution < 1.29 is 13.2 Å². The predicted octanol–water partition coefficient (Wildman–Crippen LogP) is 0.575. The van der Waals surface area contributed by atoms with Crippen LogP contribution >= 0.6 is 0 Å². The van der Waals surface area contributed by atoms with E-state index in [9.17, 15) is 13.2 Å². The van der Waals surface area contributed by atoms with Crippen molar-refractivity contribution in [3.05, 3.63) is 41.6 Å². The van der Waals surface area contributed by atoms with Gasteiger partial charge in [0.15, 0.2) is 5.82 Å². The third-order valence-corrected chi connectivity index (χ3v) is 5.95. The largest absolute Gasteiger partial charge is 0.381 e. The van der Waals surface area contributed by atoms with Gasteiger partial charge in [0, 0.05) is 20.6 Å². The maximum atomic E-state index is 12.5. The van der Waals surface area contributed by atoms with Crippen molar-refractivity contribution in [2.45, 2.75) is 17.7 Å². The molecule has 0 bridgehead atoms. The fraction of sp³-hybridized carbons (Fsp3) is 0.353. The number of hydrogen-bond donors (Lipinski definition) is 2. The average molecular weight is 390 g/mol. The van der Waals surface area contributed by atoms with Gasteiger partial charge in [0.2, 0.25) is 15.9 Å². The Morgan fingerprint density at radius 1 is 1.30 bits per heavy atom. The third kappa shape index (κ3) is 4.84. The summed E-state index contributed by atoms with van der Waals surface area (Å²) >= 11 is 0. The monoisotopic (exact) mass is 390 g/mol. The molecule has 0 unspecified atom stereocenters. The number of benzene rings is 1. The lowest BCUT2D eigenvalue weighted by atomic mass is 10.1. The van der Waals surface area contributed by atoms with E-state index in [0.29, 0.717) is 30.6 Å². The second-order valence-electron chi connectivity index (χ2n) is 6.07. The van der Waals surface area contributed by atoms with Crippen LogP contribution < -0.4 is 5.73 Å². The Morgan fingerprint density at radius 3 is 2.59 bits per heavy atom. The highest BCUT2D eigenvalue weighted by Gasteiger charge is 2.24. The number of anilines is 1. The predicted molar refractivity (Wildman–Crippen MR) is 99.9 cm³/mol. The number of carbonyl (C=O) groups excluding carboxylic acids is 1. The number of H-pyrrole nitrogens is 1. The summed E-state index contributed by atoms with van der Waals surface area (Å²) < 4.78 is 26.0. The number of carbonyl (C=O) groups is 1. The maximum Gasteiger partial charge on any atom is 0.243 e. The zero-order valence-corrected chi connectivity index (χ0v) is 16.0. The van der Waals surface area contributed by atoms with Crippen LogP contribution in [0.5, 0.6) is 0 Å². The van der Waals surface area contributed by atoms with Crippen LogP contribution in [0.3, 0.4) is 0 Å². The smallest absolute Gasteiger partial charge is 0.243 e. The first-order valence-electron chi connectivity index (χ1n) is 8.25. The van der Waals surface area contributed by atoms with E-state index in [-0.39, 0.29) is 23.2 Å². The fourth-order valence-electron chi connectivity index (χ4n) is 2.49. The number of nitrogens with zero attached hydrogens (tertiary/aromatic N) is 4. The molecule has 0 spiro atoms. The van der Waals surface area contributed by atoms with Gasteiger partial charge in [0.1, 0.15) is 11.6 Å². The molecule has 1 aromatic carbocycles. The van der Waals surface area contributed by atoms with Gasteiger partial charge in [-0.3, -0.25) is 9.89 Å². The van der Waals surface area contributed by atoms with Gasteiger partial charge in [-0.15, -0.1) is 0 Å². The van der Waals surface area contributed by atoms with Crippen molar-refractivity contribution in [3.63, 3.8) is 0 Å². The van der Waals surface area contributed by atoms with Crippen molar-refractivity contribution in [1.82, 2.24) is 19.4 Å². The average Bonchev–Trinajstić information content (AvgIpc) is 3.01. The summed E-state index contributed by atoms with van der Waals surface area (Å²) in [6, 6.07) is 9.96. The molecule has 2 rings (SSSR count). The summed E-state index contributed by atoms with van der Waals surface area (Å²) in [4.78, 5) is 13.9. The minimum absolute atomic E-state index is 0.142. The summed E-state index contributed by atoms with van der Waals surface area (Å²) in [6.45, 7) is 0.149. The number of hydrogen-bond acceptors (Lipinski definition) is 6. The molecule has 0 radical (unpaired) electrons. The molecule has 27 heavy (non-hydrogen) atoms. The van der Waals surface area contributed by atoms with Crippen molar-refractivity contribution in [2.75, 3.05) is 32.9 Å². The Morgan fingerprint density at radius 2 is 1.96 bits per heavy atom. The van der Waals surface area contributed by atoms with Gasteiger partial charge in [-0.1, -0.05) is 18.2 Å². The molecule has 0 aliphatic carbocycles. The summed E-state index contributed by atoms with van der Waals surface area (Å²) in [6.07, 6.45) is 1.08. The molecule has 0 saturated carbocycles. The molecule has 0 atom stereocenters. The van der Waals surface area contributed by atoms with Crippen molar-refractivity contribution in [3.8, 4) is 6.07 Å². The van der Waals surface area contributed by atoms with Crippen LogP contribution in [0, 0.1) is 11.3 Å². The molecule has 1 aromatic heterocycles. The summed E-state index contributed by atoms with van der Waals surface area (Å²) in [5, 5.41) is 15.5. The molecule has 0 aliphatic rings. The number of aryl methyl sites for hydroxylation is 1. The quantitative estimate of drug-likeness (QED) is 0.676. The van der Waals surface area contributed by atoms with E-state index < -0.39 is 10.0 Å². The van der Waals surface area contributed by atoms with E-state index in [1.807, 2.05) is 6.07 Å². The minimum atomic E-state index is -3.71. The van der Waals surface area contributed by atoms with Crippen molar-refractivity contribution >= 4 is 21.7 Å². The molecule has 0 fully saturated rings. The molecule has 2 aromatic rings. The third-order valence-electron chi connectivity index (χ3n) is 4.14. The Hall–Kier alpha value is -2.90. The van der Waals surface area contributed by atoms with Gasteiger partial charge in [-0.05, 0) is 25.0 Å². The van der Waals surface area contributed by atoms with Crippen LogP contribution in [0.15, 0.2) is 35.2 Å². The highest BCUT2D eigenvalue weighted by atomic mass is 32.2. The first-order valence-corrected chi connectivity index (χ1v) is 9.69. The van der Waals surface area contributed by atoms with Crippen LogP contribution in [0.4, 0.5) is 5.82 Å². The van der Waals surface area contributed by atoms with E-state index in [2.05, 4.69) is 10.2 Å². The maximum absolute atomic E-state index is 12.5. The molecule has 1 amide bonds. The number of nitrogen functional groups attached to an aromatic ring is 1. The molecule has 0 aliphatic heterocycles. The zero-order valence-electron chi connectivity index (χ0n) is 15.2. The van der Waals surface area contributed by atoms with E-state index in [4.69, 9.17) is 11.0 Å². The Labute approximate surface area is 158 Å². The Bertz CT molecular complexity index is 933. The van der Waals surface area contributed by atoms with Crippen LogP contribution in [0.2, 0.25) is 0 Å². The van der Waals surface area contributed by atoms with E-state index in [0.717, 1.165) is 4.31 Å². The van der Waals surface area contributed by atoms with E-state index in [1.165, 1.54) is 24.1 Å². The zero-order chi connectivity index (χ0) is 20.0. The van der Waals surface area contributed by atoms with Crippen LogP contribution in [-0.4, -0.2) is 60.9 Å². The van der Waals surface area contributed by atoms with Crippen LogP contribution in [-0.2, 0) is 21.2 Å². The highest BCUT2D eigenvalue weighted by Crippen LogP contribution is 2.15. The van der Waals surface area contributed by atoms with Crippen molar-refractivity contribution in [2.24, 2.45) is 0 Å². The molecular weight excluding hydrogens is 368 g/mol. The van der Waals surface area contributed by atoms with Gasteiger partial charge < -0.3 is 10.6 Å². The molecule has 10 heteroatoms. The van der Waals surface area contributed by atoms with Gasteiger partial charge in [0.25, 0.3) is 0 Å². The summed E-state index contributed by atoms with van der Waals surface area (Å²) in [7, 11) is -0.730. The molecule has 3 N–H and O–H groups in total. The number of nitriles is 1. The number of amides is 1. The minimum Gasteiger partial charge on any atom is -0.381 e. The number of aromatic amines is 1. The van der Waals surface area contributed by atoms with Gasteiger partial charge in [0.05, 0.1) is 17.1 Å². The lowest BCUT2D eigenvalue weighted by Gasteiger charge is -2.21. The number of sulfonamides is 1. The second kappa shape index (κ2) is 8.66. The SMILES string of the molecule is CN(CCCc1[nH]nc(N)c1C#N)C(=O)CN(C)S(=O)(=O)c1ccccc1. The van der Waals surface area contributed by atoms with Gasteiger partial charge >= 0.3 is 0 Å². The number of nitrogens with two attached hydrogens (primary N) is 1. The standard InChI is InChI=1S/C17H22N6O3S/c1-22(10-6-9-15-14(11-18)17(19)21-20-15)16(24)12-23(2)27(25,26)13-7-4-3-5-8-13/h3-5,7-8H,6,9-10,12H2,1-2H3,(H3,19,20,21). The first-order chi connectivity index (χ1) is 12.8. The summed E-state index contributed by atoms with van der Waals surface area (Å²) in [5.41, 5.74) is 6.53. The summed E-state index contributed by atoms with van der Waals surface area (Å²) in [5.74, 6) is -0.161. The number of likely N-dealkylation sites (N-methyl/N-ethyl adjacent to an activating group) is 2. The number of aromatic nitrogens is 2. The van der Waals surface area contributed by atoms with E-state index in [1.54, 1.807) is 25.2 Å². The normalized spacial score (nSPS) is 11.3. The number of rotatable bonds is 8. The first kappa shape index (κ1) is 20.4. The Kier molecular flexibility index (Phi) is 6.55. The van der Waals surface area contributed by atoms with E-state index >= 15 is 0 Å². The molecule has 1 heterocycles. The Balaban J connectivity index is 1.89. The van der Waals surface area contributed by atoms with Gasteiger partial charge in [-0.2, -0.15) is 14.7 Å². The second-order valence-corrected chi connectivity index (χ2v) is 8.11. The van der Waals surface area contributed by atoms with Gasteiger partial charge in [-0.25, -0.2) is 8.42 Å². The molecule has 0 saturated heterocycles. The highest BCUT2D eigenvalue weighted by molar-refractivity contribution is 7.89. The lowest BCUT2D eigenvalue weighted by molar-refractivity contribution is -0.129. The fourth-order valence-corrected chi connectivity index (χ4v) is 3.63. The molecular formula is C17H22N6O3S. The van der Waals surface area contributed by atoms with Crippen LogP contribution in [0.25, 0.3) is 0 Å².